The van der Waals surface area contributed by atoms with E-state index in [0.29, 0.717) is 26.3 Å². The van der Waals surface area contributed by atoms with E-state index in [1.54, 1.807) is 11.8 Å². The Hall–Kier alpha value is -2.71. The number of carbonyl (C=O) groups excluding carboxylic acids is 2. The van der Waals surface area contributed by atoms with Crippen LogP contribution in [0.3, 0.4) is 0 Å². The minimum absolute atomic E-state index is 0.0136. The summed E-state index contributed by atoms with van der Waals surface area (Å²) >= 11 is 0. The molecule has 1 aromatic heterocycles. The van der Waals surface area contributed by atoms with Crippen molar-refractivity contribution >= 4 is 11.8 Å². The van der Waals surface area contributed by atoms with E-state index in [-0.39, 0.29) is 41.8 Å². The van der Waals surface area contributed by atoms with Crippen molar-refractivity contribution in [3.05, 3.63) is 52.8 Å². The number of amides is 2. The Bertz CT molecular complexity index is 1060. The zero-order chi connectivity index (χ0) is 25.2. The van der Waals surface area contributed by atoms with E-state index in [9.17, 15) is 9.59 Å². The lowest BCUT2D eigenvalue weighted by atomic mass is 9.71. The molecule has 1 saturated heterocycles. The van der Waals surface area contributed by atoms with Gasteiger partial charge in [-0.05, 0) is 43.9 Å². The molecule has 2 aromatic rings. The number of carbonyl (C=O) groups is 2. The largest absolute Gasteiger partial charge is 0.382 e. The van der Waals surface area contributed by atoms with Crippen molar-refractivity contribution in [1.82, 2.24) is 20.0 Å². The number of hydrogen-bond donors (Lipinski definition) is 1. The van der Waals surface area contributed by atoms with Crippen LogP contribution in [0.5, 0.6) is 0 Å². The second-order valence-electron chi connectivity index (χ2n) is 10.1. The summed E-state index contributed by atoms with van der Waals surface area (Å²) in [6, 6.07) is 10.1. The van der Waals surface area contributed by atoms with Crippen LogP contribution in [-0.2, 0) is 31.0 Å². The number of rotatable bonds is 8. The lowest BCUT2D eigenvalue weighted by Gasteiger charge is -2.44. The van der Waals surface area contributed by atoms with Gasteiger partial charge in [0, 0.05) is 37.2 Å². The SMILES string of the molecule is COCCO[C@H]1[C@H](NC(=O)C(C)C)c2ccccc2C12CCN(C(=O)Cn1nc(C)cc1C)CC2. The first-order chi connectivity index (χ1) is 16.8. The number of ether oxygens (including phenoxy) is 2. The molecule has 1 spiro atoms. The average molecular weight is 483 g/mol. The van der Waals surface area contributed by atoms with Gasteiger partial charge in [0.2, 0.25) is 11.8 Å². The third-order valence-electron chi connectivity index (χ3n) is 7.48. The molecule has 2 heterocycles. The van der Waals surface area contributed by atoms with Crippen LogP contribution in [0.15, 0.2) is 30.3 Å². The molecule has 2 amide bonds. The fraction of sp³-hybridized carbons (Fsp3) is 0.593. The molecule has 1 N–H and O–H groups in total. The van der Waals surface area contributed by atoms with E-state index in [1.165, 1.54) is 5.56 Å². The molecule has 0 unspecified atom stereocenters. The number of benzene rings is 1. The van der Waals surface area contributed by atoms with E-state index in [0.717, 1.165) is 29.8 Å². The molecule has 0 bridgehead atoms. The normalized spacial score (nSPS) is 20.9. The van der Waals surface area contributed by atoms with E-state index >= 15 is 0 Å². The lowest BCUT2D eigenvalue weighted by Crippen LogP contribution is -2.52. The number of hydrogen-bond acceptors (Lipinski definition) is 5. The zero-order valence-electron chi connectivity index (χ0n) is 21.5. The van der Waals surface area contributed by atoms with Gasteiger partial charge < -0.3 is 19.7 Å². The first-order valence-corrected chi connectivity index (χ1v) is 12.6. The summed E-state index contributed by atoms with van der Waals surface area (Å²) in [7, 11) is 1.66. The Morgan fingerprint density at radius 1 is 1.17 bits per heavy atom. The van der Waals surface area contributed by atoms with Crippen molar-refractivity contribution in [3.63, 3.8) is 0 Å². The van der Waals surface area contributed by atoms with Crippen molar-refractivity contribution in [2.75, 3.05) is 33.4 Å². The van der Waals surface area contributed by atoms with E-state index in [2.05, 4.69) is 28.6 Å². The van der Waals surface area contributed by atoms with Gasteiger partial charge in [-0.2, -0.15) is 5.10 Å². The second kappa shape index (κ2) is 10.5. The van der Waals surface area contributed by atoms with Gasteiger partial charge in [0.05, 0.1) is 31.1 Å². The quantitative estimate of drug-likeness (QED) is 0.585. The number of aryl methyl sites for hydroxylation is 2. The maximum atomic E-state index is 13.1. The van der Waals surface area contributed by atoms with Gasteiger partial charge in [0.25, 0.3) is 0 Å². The number of nitrogens with one attached hydrogen (secondary N) is 1. The molecule has 2 aliphatic rings. The highest BCUT2D eigenvalue weighted by Gasteiger charge is 2.54. The number of aromatic nitrogens is 2. The van der Waals surface area contributed by atoms with Gasteiger partial charge in [0.15, 0.2) is 0 Å². The standard InChI is InChI=1S/C27H38N4O4/c1-18(2)26(33)28-24-21-8-6-7-9-22(21)27(25(24)35-15-14-34-5)10-12-30(13-11-27)23(32)17-31-20(4)16-19(3)29-31/h6-9,16,18,24-25H,10-15,17H2,1-5H3,(H,28,33)/t24-,25+/m1/s1. The molecule has 1 aliphatic carbocycles. The first-order valence-electron chi connectivity index (χ1n) is 12.6. The van der Waals surface area contributed by atoms with Crippen molar-refractivity contribution in [2.24, 2.45) is 5.92 Å². The summed E-state index contributed by atoms with van der Waals surface area (Å²) in [5.74, 6) is -0.0225. The molecule has 2 atom stereocenters. The molecule has 0 radical (unpaired) electrons. The van der Waals surface area contributed by atoms with Crippen LogP contribution in [0.2, 0.25) is 0 Å². The van der Waals surface area contributed by atoms with Crippen molar-refractivity contribution in [3.8, 4) is 0 Å². The summed E-state index contributed by atoms with van der Waals surface area (Å²) in [4.78, 5) is 27.8. The summed E-state index contributed by atoms with van der Waals surface area (Å²) < 4.78 is 13.5. The second-order valence-corrected chi connectivity index (χ2v) is 10.1. The van der Waals surface area contributed by atoms with Gasteiger partial charge >= 0.3 is 0 Å². The Kier molecular flexibility index (Phi) is 7.62. The monoisotopic (exact) mass is 482 g/mol. The van der Waals surface area contributed by atoms with Crippen LogP contribution in [0, 0.1) is 19.8 Å². The summed E-state index contributed by atoms with van der Waals surface area (Å²) in [6.45, 7) is 10.2. The number of likely N-dealkylation sites (tertiary alicyclic amines) is 1. The van der Waals surface area contributed by atoms with Crippen molar-refractivity contribution < 1.29 is 19.1 Å². The van der Waals surface area contributed by atoms with Crippen molar-refractivity contribution in [2.45, 2.75) is 64.6 Å². The molecule has 8 heteroatoms. The molecule has 8 nitrogen and oxygen atoms in total. The third-order valence-corrected chi connectivity index (χ3v) is 7.48. The first kappa shape index (κ1) is 25.4. The van der Waals surface area contributed by atoms with Crippen LogP contribution in [0.1, 0.15) is 55.2 Å². The summed E-state index contributed by atoms with van der Waals surface area (Å²) in [6.07, 6.45) is 1.34. The lowest BCUT2D eigenvalue weighted by molar-refractivity contribution is -0.135. The fourth-order valence-electron chi connectivity index (χ4n) is 5.62. The highest BCUT2D eigenvalue weighted by Crippen LogP contribution is 2.52. The van der Waals surface area contributed by atoms with Gasteiger partial charge in [-0.15, -0.1) is 0 Å². The van der Waals surface area contributed by atoms with Crippen LogP contribution in [0.25, 0.3) is 0 Å². The smallest absolute Gasteiger partial charge is 0.244 e. The molecule has 0 saturated carbocycles. The van der Waals surface area contributed by atoms with E-state index in [4.69, 9.17) is 9.47 Å². The Morgan fingerprint density at radius 2 is 1.89 bits per heavy atom. The summed E-state index contributed by atoms with van der Waals surface area (Å²) in [5.41, 5.74) is 3.98. The minimum atomic E-state index is -0.270. The highest BCUT2D eigenvalue weighted by atomic mass is 16.5. The molecule has 190 valence electrons. The van der Waals surface area contributed by atoms with E-state index < -0.39 is 0 Å². The molecule has 1 aromatic carbocycles. The average Bonchev–Trinajstić information content (AvgIpc) is 3.28. The number of nitrogens with zero attached hydrogens (tertiary/aromatic N) is 3. The Labute approximate surface area is 208 Å². The number of methoxy groups -OCH3 is 1. The Morgan fingerprint density at radius 3 is 2.51 bits per heavy atom. The van der Waals surface area contributed by atoms with Crippen molar-refractivity contribution in [1.29, 1.82) is 0 Å². The Balaban J connectivity index is 1.57. The van der Waals surface area contributed by atoms with Crippen LogP contribution >= 0.6 is 0 Å². The fourth-order valence-corrected chi connectivity index (χ4v) is 5.62. The van der Waals surface area contributed by atoms with Gasteiger partial charge in [-0.25, -0.2) is 0 Å². The minimum Gasteiger partial charge on any atom is -0.382 e. The molecule has 1 fully saturated rings. The maximum absolute atomic E-state index is 13.1. The van der Waals surface area contributed by atoms with Crippen LogP contribution in [-0.4, -0.2) is 66.0 Å². The third kappa shape index (κ3) is 5.00. The van der Waals surface area contributed by atoms with Crippen LogP contribution < -0.4 is 5.32 Å². The number of fused-ring (bicyclic) bond motifs is 2. The predicted molar refractivity (Wildman–Crippen MR) is 133 cm³/mol. The van der Waals surface area contributed by atoms with Gasteiger partial charge in [-0.3, -0.25) is 14.3 Å². The number of piperidine rings is 1. The molecular formula is C27H38N4O4. The molecule has 35 heavy (non-hydrogen) atoms. The van der Waals surface area contributed by atoms with E-state index in [1.807, 2.05) is 44.7 Å². The summed E-state index contributed by atoms with van der Waals surface area (Å²) in [5, 5.41) is 7.71. The van der Waals surface area contributed by atoms with Gasteiger partial charge in [0.1, 0.15) is 6.54 Å². The maximum Gasteiger partial charge on any atom is 0.244 e. The van der Waals surface area contributed by atoms with Gasteiger partial charge in [-0.1, -0.05) is 38.1 Å². The zero-order valence-corrected chi connectivity index (χ0v) is 21.5. The molecule has 4 rings (SSSR count). The predicted octanol–water partition coefficient (Wildman–Crippen LogP) is 2.92. The molecular weight excluding hydrogens is 444 g/mol. The van der Waals surface area contributed by atoms with Crippen LogP contribution in [0.4, 0.5) is 0 Å². The molecule has 1 aliphatic heterocycles. The highest BCUT2D eigenvalue weighted by molar-refractivity contribution is 5.79. The topological polar surface area (TPSA) is 85.7 Å².